The standard InChI is InChI=1S/C17H20FN3O2S/c1-2-19-17-20-9-15(24-17)16(23)21(13-7-8-13)10-14(22)11-3-5-12(18)6-4-11/h3-6,9,13-14,22H,2,7-8,10H2,1H3,(H,19,20). The fourth-order valence-corrected chi connectivity index (χ4v) is 3.35. The van der Waals surface area contributed by atoms with Crippen LogP contribution < -0.4 is 5.32 Å². The van der Waals surface area contributed by atoms with Crippen LogP contribution in [0.15, 0.2) is 30.5 Å². The van der Waals surface area contributed by atoms with Crippen molar-refractivity contribution in [1.29, 1.82) is 0 Å². The summed E-state index contributed by atoms with van der Waals surface area (Å²) in [4.78, 5) is 19.2. The van der Waals surface area contributed by atoms with E-state index < -0.39 is 6.10 Å². The molecule has 1 aromatic carbocycles. The Morgan fingerprint density at radius 1 is 1.46 bits per heavy atom. The number of thiazole rings is 1. The minimum atomic E-state index is -0.837. The van der Waals surface area contributed by atoms with Crippen LogP contribution in [0.3, 0.4) is 0 Å². The molecule has 1 atom stereocenters. The number of benzene rings is 1. The molecule has 1 aliphatic rings. The lowest BCUT2D eigenvalue weighted by Gasteiger charge is -2.25. The van der Waals surface area contributed by atoms with E-state index in [1.54, 1.807) is 23.2 Å². The molecule has 1 saturated carbocycles. The molecule has 2 aromatic rings. The number of anilines is 1. The molecule has 0 spiro atoms. The van der Waals surface area contributed by atoms with Gasteiger partial charge in [-0.3, -0.25) is 4.79 Å². The summed E-state index contributed by atoms with van der Waals surface area (Å²) < 4.78 is 13.0. The fraction of sp³-hybridized carbons (Fsp3) is 0.412. The monoisotopic (exact) mass is 349 g/mol. The van der Waals surface area contributed by atoms with Crippen molar-refractivity contribution in [3.8, 4) is 0 Å². The molecule has 1 aromatic heterocycles. The number of nitrogens with zero attached hydrogens (tertiary/aromatic N) is 2. The third-order valence-electron chi connectivity index (χ3n) is 3.92. The smallest absolute Gasteiger partial charge is 0.265 e. The van der Waals surface area contributed by atoms with Gasteiger partial charge in [0.25, 0.3) is 5.91 Å². The van der Waals surface area contributed by atoms with Crippen molar-refractivity contribution in [2.75, 3.05) is 18.4 Å². The van der Waals surface area contributed by atoms with Gasteiger partial charge in [0.15, 0.2) is 5.13 Å². The van der Waals surface area contributed by atoms with Gasteiger partial charge in [-0.15, -0.1) is 0 Å². The van der Waals surface area contributed by atoms with Crippen LogP contribution in [0, 0.1) is 5.82 Å². The lowest BCUT2D eigenvalue weighted by molar-refractivity contribution is 0.0607. The van der Waals surface area contributed by atoms with Gasteiger partial charge in [0.1, 0.15) is 10.7 Å². The third kappa shape index (κ3) is 3.91. The summed E-state index contributed by atoms with van der Waals surface area (Å²) in [6.45, 7) is 2.92. The van der Waals surface area contributed by atoms with Crippen molar-refractivity contribution in [3.63, 3.8) is 0 Å². The largest absolute Gasteiger partial charge is 0.387 e. The van der Waals surface area contributed by atoms with Gasteiger partial charge >= 0.3 is 0 Å². The quantitative estimate of drug-likeness (QED) is 0.806. The van der Waals surface area contributed by atoms with Crippen molar-refractivity contribution in [1.82, 2.24) is 9.88 Å². The van der Waals surface area contributed by atoms with Gasteiger partial charge in [0, 0.05) is 12.6 Å². The lowest BCUT2D eigenvalue weighted by atomic mass is 10.1. The van der Waals surface area contributed by atoms with E-state index in [1.807, 2.05) is 6.92 Å². The number of aliphatic hydroxyl groups is 1. The van der Waals surface area contributed by atoms with Gasteiger partial charge in [-0.25, -0.2) is 9.37 Å². The van der Waals surface area contributed by atoms with Crippen LogP contribution in [-0.4, -0.2) is 40.0 Å². The predicted molar refractivity (Wildman–Crippen MR) is 91.7 cm³/mol. The van der Waals surface area contributed by atoms with Crippen LogP contribution in [0.2, 0.25) is 0 Å². The van der Waals surface area contributed by atoms with Crippen LogP contribution in [-0.2, 0) is 0 Å². The van der Waals surface area contributed by atoms with Crippen molar-refractivity contribution in [2.24, 2.45) is 0 Å². The molecule has 1 aliphatic carbocycles. The van der Waals surface area contributed by atoms with E-state index in [0.29, 0.717) is 10.4 Å². The number of rotatable bonds is 7. The summed E-state index contributed by atoms with van der Waals surface area (Å²) in [6.07, 6.45) is 2.63. The van der Waals surface area contributed by atoms with Crippen LogP contribution in [0.25, 0.3) is 0 Å². The predicted octanol–water partition coefficient (Wildman–Crippen LogP) is 3.05. The Morgan fingerprint density at radius 3 is 2.79 bits per heavy atom. The topological polar surface area (TPSA) is 65.5 Å². The van der Waals surface area contributed by atoms with E-state index in [1.165, 1.54) is 23.5 Å². The normalized spacial score (nSPS) is 15.1. The number of hydrogen-bond acceptors (Lipinski definition) is 5. The highest BCUT2D eigenvalue weighted by atomic mass is 32.1. The number of hydrogen-bond donors (Lipinski definition) is 2. The summed E-state index contributed by atoms with van der Waals surface area (Å²) in [5.41, 5.74) is 0.604. The van der Waals surface area contributed by atoms with Gasteiger partial charge in [0.2, 0.25) is 0 Å². The zero-order valence-corrected chi connectivity index (χ0v) is 14.2. The van der Waals surface area contributed by atoms with E-state index in [9.17, 15) is 14.3 Å². The summed E-state index contributed by atoms with van der Waals surface area (Å²) in [6, 6.07) is 5.88. The Hall–Kier alpha value is -1.99. The minimum absolute atomic E-state index is 0.111. The van der Waals surface area contributed by atoms with Crippen LogP contribution >= 0.6 is 11.3 Å². The molecule has 1 amide bonds. The summed E-state index contributed by atoms with van der Waals surface area (Å²) >= 11 is 1.32. The number of carbonyl (C=O) groups excluding carboxylic acids is 1. The Bertz CT molecular complexity index is 700. The molecule has 128 valence electrons. The fourth-order valence-electron chi connectivity index (χ4n) is 2.51. The minimum Gasteiger partial charge on any atom is -0.387 e. The molecule has 3 rings (SSSR count). The first-order chi connectivity index (χ1) is 11.6. The van der Waals surface area contributed by atoms with Crippen LogP contribution in [0.4, 0.5) is 9.52 Å². The van der Waals surface area contributed by atoms with Crippen molar-refractivity contribution < 1.29 is 14.3 Å². The van der Waals surface area contributed by atoms with Crippen molar-refractivity contribution >= 4 is 22.4 Å². The number of amides is 1. The second-order valence-electron chi connectivity index (χ2n) is 5.82. The molecule has 1 heterocycles. The van der Waals surface area contributed by atoms with Crippen molar-refractivity contribution in [2.45, 2.75) is 31.9 Å². The van der Waals surface area contributed by atoms with Gasteiger partial charge in [-0.05, 0) is 37.5 Å². The SMILES string of the molecule is CCNc1ncc(C(=O)N(CC(O)c2ccc(F)cc2)C2CC2)s1. The molecule has 0 saturated heterocycles. The second-order valence-corrected chi connectivity index (χ2v) is 6.85. The summed E-state index contributed by atoms with van der Waals surface area (Å²) in [5, 5.41) is 14.2. The maximum absolute atomic E-state index is 13.0. The zero-order chi connectivity index (χ0) is 17.1. The Morgan fingerprint density at radius 2 is 2.17 bits per heavy atom. The zero-order valence-electron chi connectivity index (χ0n) is 13.4. The maximum Gasteiger partial charge on any atom is 0.265 e. The van der Waals surface area contributed by atoms with E-state index in [-0.39, 0.29) is 24.3 Å². The van der Waals surface area contributed by atoms with E-state index in [2.05, 4.69) is 10.3 Å². The second kappa shape index (κ2) is 7.27. The van der Waals surface area contributed by atoms with Gasteiger partial charge in [0.05, 0.1) is 18.8 Å². The molecular weight excluding hydrogens is 329 g/mol. The first-order valence-electron chi connectivity index (χ1n) is 8.02. The summed E-state index contributed by atoms with van der Waals surface area (Å²) in [7, 11) is 0. The highest BCUT2D eigenvalue weighted by Crippen LogP contribution is 2.31. The molecule has 0 bridgehead atoms. The number of carbonyl (C=O) groups is 1. The number of halogens is 1. The Balaban J connectivity index is 1.71. The maximum atomic E-state index is 13.0. The van der Waals surface area contributed by atoms with Crippen molar-refractivity contribution in [3.05, 3.63) is 46.7 Å². The highest BCUT2D eigenvalue weighted by molar-refractivity contribution is 7.17. The molecule has 1 fully saturated rings. The molecule has 5 nitrogen and oxygen atoms in total. The molecule has 24 heavy (non-hydrogen) atoms. The Labute approximate surface area is 144 Å². The van der Waals surface area contributed by atoms with Crippen LogP contribution in [0.1, 0.15) is 41.1 Å². The first kappa shape index (κ1) is 16.9. The average molecular weight is 349 g/mol. The van der Waals surface area contributed by atoms with Gasteiger partial charge in [-0.2, -0.15) is 0 Å². The number of aliphatic hydroxyl groups excluding tert-OH is 1. The van der Waals surface area contributed by atoms with Crippen LogP contribution in [0.5, 0.6) is 0 Å². The molecule has 0 radical (unpaired) electrons. The molecule has 1 unspecified atom stereocenters. The number of nitrogens with one attached hydrogen (secondary N) is 1. The highest BCUT2D eigenvalue weighted by Gasteiger charge is 2.35. The molecule has 2 N–H and O–H groups in total. The average Bonchev–Trinajstić information content (AvgIpc) is 3.31. The first-order valence-corrected chi connectivity index (χ1v) is 8.84. The lowest BCUT2D eigenvalue weighted by Crippen LogP contribution is -2.36. The van der Waals surface area contributed by atoms with Gasteiger partial charge < -0.3 is 15.3 Å². The van der Waals surface area contributed by atoms with E-state index in [4.69, 9.17) is 0 Å². The van der Waals surface area contributed by atoms with Gasteiger partial charge in [-0.1, -0.05) is 23.5 Å². The molecule has 0 aliphatic heterocycles. The molecular formula is C17H20FN3O2S. The third-order valence-corrected chi connectivity index (χ3v) is 4.86. The molecule has 7 heteroatoms. The number of aromatic nitrogens is 1. The van der Waals surface area contributed by atoms with E-state index in [0.717, 1.165) is 24.5 Å². The van der Waals surface area contributed by atoms with E-state index >= 15 is 0 Å². The summed E-state index contributed by atoms with van der Waals surface area (Å²) in [5.74, 6) is -0.456. The Kier molecular flexibility index (Phi) is 5.11.